The van der Waals surface area contributed by atoms with Gasteiger partial charge in [0.05, 0.1) is 20.8 Å². The van der Waals surface area contributed by atoms with Crippen molar-refractivity contribution in [1.82, 2.24) is 5.32 Å². The van der Waals surface area contributed by atoms with Crippen molar-refractivity contribution in [1.29, 1.82) is 0 Å². The molecule has 9 heteroatoms. The molecule has 1 aromatic carbocycles. The molecule has 2 rings (SSSR count). The molecule has 1 atom stereocenters. The van der Waals surface area contributed by atoms with Crippen LogP contribution in [-0.2, 0) is 16.0 Å². The van der Waals surface area contributed by atoms with E-state index >= 15 is 0 Å². The van der Waals surface area contributed by atoms with Crippen molar-refractivity contribution in [2.24, 2.45) is 5.73 Å². The summed E-state index contributed by atoms with van der Waals surface area (Å²) < 4.78 is 15.5. The Bertz CT molecular complexity index is 859. The van der Waals surface area contributed by atoms with E-state index in [9.17, 15) is 19.5 Å². The molecule has 1 heterocycles. The molecule has 0 radical (unpaired) electrons. The first-order chi connectivity index (χ1) is 11.9. The van der Waals surface area contributed by atoms with Gasteiger partial charge in [-0.2, -0.15) is 0 Å². The van der Waals surface area contributed by atoms with Gasteiger partial charge in [0.15, 0.2) is 11.5 Å². The molecule has 0 saturated carbocycles. The lowest BCUT2D eigenvalue weighted by molar-refractivity contribution is -0.141. The van der Waals surface area contributed by atoms with E-state index in [1.165, 1.54) is 26.4 Å². The van der Waals surface area contributed by atoms with Crippen molar-refractivity contribution in [3.05, 3.63) is 34.2 Å². The fourth-order valence-electron chi connectivity index (χ4n) is 2.40. The predicted molar refractivity (Wildman–Crippen MR) is 87.9 cm³/mol. The molecule has 2 aromatic rings. The van der Waals surface area contributed by atoms with Crippen LogP contribution in [0.25, 0.3) is 11.0 Å². The number of nitrogens with two attached hydrogens (primary N) is 1. The summed E-state index contributed by atoms with van der Waals surface area (Å²) in [5.74, 6) is -1.10. The third-order valence-electron chi connectivity index (χ3n) is 3.58. The topological polar surface area (TPSA) is 141 Å². The Morgan fingerprint density at radius 1 is 1.24 bits per heavy atom. The first-order valence-corrected chi connectivity index (χ1v) is 7.30. The molecule has 0 fully saturated rings. The smallest absolute Gasteiger partial charge is 0.336 e. The Hall–Kier alpha value is -3.07. The highest BCUT2D eigenvalue weighted by molar-refractivity contribution is 5.87. The summed E-state index contributed by atoms with van der Waals surface area (Å²) in [6, 6.07) is 3.00. The molecule has 1 unspecified atom stereocenters. The molecule has 9 nitrogen and oxygen atoms in total. The summed E-state index contributed by atoms with van der Waals surface area (Å²) in [7, 11) is 2.89. The lowest BCUT2D eigenvalue weighted by Crippen LogP contribution is -2.44. The van der Waals surface area contributed by atoms with E-state index in [0.717, 1.165) is 0 Å². The van der Waals surface area contributed by atoms with Crippen molar-refractivity contribution in [2.75, 3.05) is 20.8 Å². The van der Waals surface area contributed by atoms with Crippen LogP contribution in [0.1, 0.15) is 5.56 Å². The SMILES string of the molecule is COc1cc2oc(=O)cc(CC(NC(=O)CN)C(=O)O)c2cc1OC. The van der Waals surface area contributed by atoms with Gasteiger partial charge in [-0.25, -0.2) is 9.59 Å². The van der Waals surface area contributed by atoms with Crippen LogP contribution < -0.4 is 26.1 Å². The third-order valence-corrected chi connectivity index (χ3v) is 3.58. The van der Waals surface area contributed by atoms with Gasteiger partial charge in [-0.1, -0.05) is 0 Å². The van der Waals surface area contributed by atoms with Gasteiger partial charge in [0, 0.05) is 23.9 Å². The van der Waals surface area contributed by atoms with Crippen LogP contribution in [0.4, 0.5) is 0 Å². The number of amides is 1. The van der Waals surface area contributed by atoms with Crippen molar-refractivity contribution in [3.63, 3.8) is 0 Å². The van der Waals surface area contributed by atoms with E-state index < -0.39 is 23.5 Å². The minimum Gasteiger partial charge on any atom is -0.493 e. The Balaban J connectivity index is 2.53. The summed E-state index contributed by atoms with van der Waals surface area (Å²) in [5.41, 5.74) is 5.15. The Morgan fingerprint density at radius 3 is 2.44 bits per heavy atom. The van der Waals surface area contributed by atoms with Gasteiger partial charge in [-0.3, -0.25) is 4.79 Å². The van der Waals surface area contributed by atoms with E-state index in [4.69, 9.17) is 19.6 Å². The Morgan fingerprint density at radius 2 is 1.88 bits per heavy atom. The molecule has 0 bridgehead atoms. The molecule has 0 aliphatic carbocycles. The number of fused-ring (bicyclic) bond motifs is 1. The van der Waals surface area contributed by atoms with Gasteiger partial charge < -0.3 is 30.0 Å². The van der Waals surface area contributed by atoms with Crippen LogP contribution in [0.15, 0.2) is 27.4 Å². The van der Waals surface area contributed by atoms with Crippen molar-refractivity contribution in [2.45, 2.75) is 12.5 Å². The molecular formula is C16H18N2O7. The first-order valence-electron chi connectivity index (χ1n) is 7.30. The normalized spacial score (nSPS) is 11.8. The summed E-state index contributed by atoms with van der Waals surface area (Å²) >= 11 is 0. The second-order valence-electron chi connectivity index (χ2n) is 5.16. The highest BCUT2D eigenvalue weighted by Crippen LogP contribution is 2.33. The van der Waals surface area contributed by atoms with Gasteiger partial charge in [-0.15, -0.1) is 0 Å². The fourth-order valence-corrected chi connectivity index (χ4v) is 2.40. The molecule has 1 aromatic heterocycles. The molecule has 4 N–H and O–H groups in total. The number of methoxy groups -OCH3 is 2. The molecule has 0 aliphatic rings. The monoisotopic (exact) mass is 350 g/mol. The Kier molecular flexibility index (Phi) is 5.60. The van der Waals surface area contributed by atoms with E-state index in [-0.39, 0.29) is 18.5 Å². The van der Waals surface area contributed by atoms with Crippen LogP contribution in [0.2, 0.25) is 0 Å². The van der Waals surface area contributed by atoms with Crippen LogP contribution in [0.5, 0.6) is 11.5 Å². The summed E-state index contributed by atoms with van der Waals surface area (Å²) in [5, 5.41) is 12.1. The average Bonchev–Trinajstić information content (AvgIpc) is 2.59. The van der Waals surface area contributed by atoms with Crippen LogP contribution in [0.3, 0.4) is 0 Å². The van der Waals surface area contributed by atoms with Crippen molar-refractivity contribution < 1.29 is 28.6 Å². The number of hydrogen-bond donors (Lipinski definition) is 3. The maximum Gasteiger partial charge on any atom is 0.336 e. The number of hydrogen-bond acceptors (Lipinski definition) is 7. The molecular weight excluding hydrogens is 332 g/mol. The lowest BCUT2D eigenvalue weighted by Gasteiger charge is -2.16. The lowest BCUT2D eigenvalue weighted by atomic mass is 10.0. The van der Waals surface area contributed by atoms with Crippen LogP contribution in [-0.4, -0.2) is 43.8 Å². The number of benzene rings is 1. The number of ether oxygens (including phenoxy) is 2. The van der Waals surface area contributed by atoms with Crippen molar-refractivity contribution >= 4 is 22.8 Å². The number of nitrogens with one attached hydrogen (secondary N) is 1. The number of carbonyl (C=O) groups is 2. The zero-order valence-corrected chi connectivity index (χ0v) is 13.7. The van der Waals surface area contributed by atoms with E-state index in [1.54, 1.807) is 6.07 Å². The number of carboxylic acids is 1. The minimum absolute atomic E-state index is 0.126. The number of rotatable bonds is 7. The molecule has 0 aliphatic heterocycles. The van der Waals surface area contributed by atoms with Gasteiger partial charge in [0.2, 0.25) is 5.91 Å². The van der Waals surface area contributed by atoms with Gasteiger partial charge in [0.25, 0.3) is 0 Å². The van der Waals surface area contributed by atoms with Crippen molar-refractivity contribution in [3.8, 4) is 11.5 Å². The largest absolute Gasteiger partial charge is 0.493 e. The second kappa shape index (κ2) is 7.67. The fraction of sp³-hybridized carbons (Fsp3) is 0.312. The molecule has 0 saturated heterocycles. The molecule has 25 heavy (non-hydrogen) atoms. The zero-order valence-electron chi connectivity index (χ0n) is 13.7. The Labute approximate surface area is 142 Å². The van der Waals surface area contributed by atoms with Crippen LogP contribution >= 0.6 is 0 Å². The summed E-state index contributed by atoms with van der Waals surface area (Å²) in [6.45, 7) is -0.341. The second-order valence-corrected chi connectivity index (χ2v) is 5.16. The van der Waals surface area contributed by atoms with E-state index in [0.29, 0.717) is 22.4 Å². The van der Waals surface area contributed by atoms with E-state index in [2.05, 4.69) is 5.32 Å². The molecule has 1 amide bonds. The minimum atomic E-state index is -1.25. The number of carbonyl (C=O) groups excluding carboxylic acids is 1. The maximum atomic E-state index is 11.8. The number of carboxylic acid groups (broad SMARTS) is 1. The summed E-state index contributed by atoms with van der Waals surface area (Å²) in [6.07, 6.45) is -0.126. The highest BCUT2D eigenvalue weighted by Gasteiger charge is 2.22. The van der Waals surface area contributed by atoms with Crippen LogP contribution in [0, 0.1) is 0 Å². The maximum absolute atomic E-state index is 11.8. The third kappa shape index (κ3) is 4.07. The standard InChI is InChI=1S/C16H18N2O7/c1-23-12-5-9-8(3-10(16(21)22)18-14(19)7-17)4-15(20)25-11(9)6-13(12)24-2/h4-6,10H,3,7,17H2,1-2H3,(H,18,19)(H,21,22). The average molecular weight is 350 g/mol. The first kappa shape index (κ1) is 18.3. The predicted octanol–water partition coefficient (Wildman–Crippen LogP) is -0.119. The van der Waals surface area contributed by atoms with E-state index in [1.807, 2.05) is 0 Å². The van der Waals surface area contributed by atoms with Gasteiger partial charge in [0.1, 0.15) is 11.6 Å². The number of aliphatic carboxylic acids is 1. The molecule has 0 spiro atoms. The highest BCUT2D eigenvalue weighted by atomic mass is 16.5. The quantitative estimate of drug-likeness (QED) is 0.587. The zero-order chi connectivity index (χ0) is 18.6. The molecule has 134 valence electrons. The summed E-state index contributed by atoms with van der Waals surface area (Å²) in [4.78, 5) is 34.6. The van der Waals surface area contributed by atoms with Gasteiger partial charge in [-0.05, 0) is 11.6 Å². The van der Waals surface area contributed by atoms with Gasteiger partial charge >= 0.3 is 11.6 Å².